The summed E-state index contributed by atoms with van der Waals surface area (Å²) in [6.45, 7) is 3.26. The van der Waals surface area contributed by atoms with Gasteiger partial charge in [0.15, 0.2) is 5.82 Å². The smallest absolute Gasteiger partial charge is 0.240 e. The largest absolute Gasteiger partial charge is 0.341 e. The summed E-state index contributed by atoms with van der Waals surface area (Å²) in [4.78, 5) is 21.5. The zero-order chi connectivity index (χ0) is 17.8. The van der Waals surface area contributed by atoms with Gasteiger partial charge in [0.1, 0.15) is 0 Å². The van der Waals surface area contributed by atoms with E-state index in [-0.39, 0.29) is 17.9 Å². The molecule has 2 aromatic rings. The summed E-state index contributed by atoms with van der Waals surface area (Å²) in [7, 11) is 3.94. The molecule has 134 valence electrons. The van der Waals surface area contributed by atoms with Crippen LogP contribution < -0.4 is 0 Å². The first-order chi connectivity index (χ1) is 12.0. The first-order valence-electron chi connectivity index (χ1n) is 8.84. The normalized spacial score (nSPS) is 19.2. The van der Waals surface area contributed by atoms with Crippen LogP contribution >= 0.6 is 0 Å². The predicted octanol–water partition coefficient (Wildman–Crippen LogP) is 2.26. The fourth-order valence-corrected chi connectivity index (χ4v) is 3.41. The van der Waals surface area contributed by atoms with Crippen molar-refractivity contribution < 1.29 is 9.32 Å². The fourth-order valence-electron chi connectivity index (χ4n) is 3.41. The third-order valence-corrected chi connectivity index (χ3v) is 4.82. The zero-order valence-corrected chi connectivity index (χ0v) is 15.2. The van der Waals surface area contributed by atoms with Gasteiger partial charge in [0.05, 0.1) is 6.04 Å². The van der Waals surface area contributed by atoms with Gasteiger partial charge in [-0.05, 0) is 38.9 Å². The Bertz CT molecular complexity index is 698. The number of likely N-dealkylation sites (N-methyl/N-ethyl adjacent to an activating group) is 1. The number of likely N-dealkylation sites (tertiary alicyclic amines) is 1. The lowest BCUT2D eigenvalue weighted by Gasteiger charge is -2.35. The Labute approximate surface area is 148 Å². The molecule has 0 bridgehead atoms. The van der Waals surface area contributed by atoms with Crippen molar-refractivity contribution in [2.45, 2.75) is 38.1 Å². The maximum absolute atomic E-state index is 13.1. The quantitative estimate of drug-likeness (QED) is 0.834. The predicted molar refractivity (Wildman–Crippen MR) is 95.2 cm³/mol. The molecule has 2 heterocycles. The number of rotatable bonds is 5. The molecule has 25 heavy (non-hydrogen) atoms. The van der Waals surface area contributed by atoms with Crippen LogP contribution in [0, 0.1) is 6.92 Å². The topological polar surface area (TPSA) is 62.5 Å². The van der Waals surface area contributed by atoms with E-state index < -0.39 is 0 Å². The highest BCUT2D eigenvalue weighted by molar-refractivity contribution is 5.82. The molecule has 2 atom stereocenters. The van der Waals surface area contributed by atoms with E-state index in [1.165, 1.54) is 5.56 Å². The highest BCUT2D eigenvalue weighted by atomic mass is 16.5. The number of aromatic nitrogens is 2. The van der Waals surface area contributed by atoms with E-state index in [0.29, 0.717) is 12.4 Å². The lowest BCUT2D eigenvalue weighted by Crippen LogP contribution is -2.50. The van der Waals surface area contributed by atoms with Crippen LogP contribution in [0.15, 0.2) is 34.9 Å². The van der Waals surface area contributed by atoms with Gasteiger partial charge in [0.25, 0.3) is 0 Å². The number of benzene rings is 1. The minimum Gasteiger partial charge on any atom is -0.341 e. The molecule has 6 heteroatoms. The van der Waals surface area contributed by atoms with Gasteiger partial charge in [0, 0.05) is 25.9 Å². The number of hydrogen-bond donors (Lipinski definition) is 0. The van der Waals surface area contributed by atoms with Gasteiger partial charge in [-0.2, -0.15) is 4.98 Å². The highest BCUT2D eigenvalue weighted by Gasteiger charge is 2.32. The summed E-state index contributed by atoms with van der Waals surface area (Å²) in [5.41, 5.74) is 1.18. The third-order valence-electron chi connectivity index (χ3n) is 4.82. The molecule has 0 N–H and O–H groups in total. The molecular formula is C19H26N4O2. The van der Waals surface area contributed by atoms with Crippen LogP contribution in [0.1, 0.15) is 36.0 Å². The van der Waals surface area contributed by atoms with Gasteiger partial charge in [0.2, 0.25) is 11.8 Å². The summed E-state index contributed by atoms with van der Waals surface area (Å²) in [6.07, 6.45) is 2.68. The Hall–Kier alpha value is -2.21. The van der Waals surface area contributed by atoms with Gasteiger partial charge in [-0.25, -0.2) is 0 Å². The van der Waals surface area contributed by atoms with Crippen molar-refractivity contribution in [2.75, 3.05) is 27.2 Å². The molecular weight excluding hydrogens is 316 g/mol. The van der Waals surface area contributed by atoms with Crippen LogP contribution in [0.5, 0.6) is 0 Å². The number of piperidine rings is 1. The summed E-state index contributed by atoms with van der Waals surface area (Å²) in [5, 5.41) is 4.05. The number of hydrogen-bond acceptors (Lipinski definition) is 5. The number of nitrogens with zero attached hydrogens (tertiary/aromatic N) is 4. The van der Waals surface area contributed by atoms with E-state index >= 15 is 0 Å². The molecule has 3 rings (SSSR count). The highest BCUT2D eigenvalue weighted by Crippen LogP contribution is 2.26. The first kappa shape index (κ1) is 17.6. The molecule has 6 nitrogen and oxygen atoms in total. The lowest BCUT2D eigenvalue weighted by molar-refractivity contribution is -0.137. The second-order valence-corrected chi connectivity index (χ2v) is 6.96. The zero-order valence-electron chi connectivity index (χ0n) is 15.2. The number of aryl methyl sites for hydroxylation is 1. The molecule has 0 saturated carbocycles. The Morgan fingerprint density at radius 3 is 2.76 bits per heavy atom. The van der Waals surface area contributed by atoms with Crippen LogP contribution in [-0.4, -0.2) is 59.1 Å². The van der Waals surface area contributed by atoms with E-state index in [9.17, 15) is 4.79 Å². The van der Waals surface area contributed by atoms with Crippen molar-refractivity contribution in [3.05, 3.63) is 47.6 Å². The molecule has 0 spiro atoms. The van der Waals surface area contributed by atoms with Crippen LogP contribution in [0.3, 0.4) is 0 Å². The summed E-state index contributed by atoms with van der Waals surface area (Å²) >= 11 is 0. The second kappa shape index (κ2) is 7.78. The molecule has 1 amide bonds. The van der Waals surface area contributed by atoms with Gasteiger partial charge in [-0.1, -0.05) is 35.5 Å². The van der Waals surface area contributed by atoms with E-state index in [4.69, 9.17) is 4.52 Å². The Balaban J connectivity index is 1.70. The number of amides is 1. The Morgan fingerprint density at radius 2 is 2.12 bits per heavy atom. The molecule has 1 aliphatic rings. The van der Waals surface area contributed by atoms with Gasteiger partial charge in [-0.15, -0.1) is 0 Å². The molecule has 0 radical (unpaired) electrons. The second-order valence-electron chi connectivity index (χ2n) is 6.96. The Morgan fingerprint density at radius 1 is 1.36 bits per heavy atom. The molecule has 1 aromatic heterocycles. The maximum Gasteiger partial charge on any atom is 0.240 e. The minimum atomic E-state index is -0.159. The van der Waals surface area contributed by atoms with Crippen molar-refractivity contribution in [2.24, 2.45) is 0 Å². The third kappa shape index (κ3) is 4.25. The molecule has 0 unspecified atom stereocenters. The standard InChI is InChI=1S/C19H26N4O2/c1-14-20-18(21-25-14)16-10-7-11-23(13-16)19(24)17(22(2)3)12-15-8-5-4-6-9-15/h4-6,8-9,16-17H,7,10-13H2,1-3H3/t16-,17-/m0/s1. The van der Waals surface area contributed by atoms with E-state index in [1.54, 1.807) is 6.92 Å². The van der Waals surface area contributed by atoms with Crippen LogP contribution in [-0.2, 0) is 11.2 Å². The SMILES string of the molecule is Cc1nc([C@H]2CCCN(C(=O)[C@H](Cc3ccccc3)N(C)C)C2)no1. The van der Waals surface area contributed by atoms with Crippen LogP contribution in [0.4, 0.5) is 0 Å². The van der Waals surface area contributed by atoms with E-state index in [2.05, 4.69) is 22.3 Å². The summed E-state index contributed by atoms with van der Waals surface area (Å²) in [5.74, 6) is 1.64. The fraction of sp³-hybridized carbons (Fsp3) is 0.526. The van der Waals surface area contributed by atoms with Crippen molar-refractivity contribution in [1.29, 1.82) is 0 Å². The minimum absolute atomic E-state index is 0.159. The first-order valence-corrected chi connectivity index (χ1v) is 8.84. The maximum atomic E-state index is 13.1. The molecule has 0 aliphatic carbocycles. The van der Waals surface area contributed by atoms with Gasteiger partial charge >= 0.3 is 0 Å². The average Bonchev–Trinajstić information content (AvgIpc) is 3.06. The van der Waals surface area contributed by atoms with E-state index in [1.807, 2.05) is 42.1 Å². The van der Waals surface area contributed by atoms with Crippen LogP contribution in [0.25, 0.3) is 0 Å². The van der Waals surface area contributed by atoms with Gasteiger partial charge in [-0.3, -0.25) is 9.69 Å². The molecule has 1 aromatic carbocycles. The number of carbonyl (C=O) groups is 1. The Kier molecular flexibility index (Phi) is 5.48. The van der Waals surface area contributed by atoms with Gasteiger partial charge < -0.3 is 9.42 Å². The lowest BCUT2D eigenvalue weighted by atomic mass is 9.95. The monoisotopic (exact) mass is 342 g/mol. The van der Waals surface area contributed by atoms with Crippen molar-refractivity contribution in [3.63, 3.8) is 0 Å². The number of carbonyl (C=O) groups excluding carboxylic acids is 1. The van der Waals surface area contributed by atoms with Crippen molar-refractivity contribution in [3.8, 4) is 0 Å². The summed E-state index contributed by atoms with van der Waals surface area (Å²) in [6, 6.07) is 10.0. The molecule has 1 fully saturated rings. The van der Waals surface area contributed by atoms with E-state index in [0.717, 1.165) is 31.6 Å². The molecule has 1 saturated heterocycles. The van der Waals surface area contributed by atoms with Crippen molar-refractivity contribution in [1.82, 2.24) is 19.9 Å². The van der Waals surface area contributed by atoms with Crippen LogP contribution in [0.2, 0.25) is 0 Å². The van der Waals surface area contributed by atoms with Crippen molar-refractivity contribution >= 4 is 5.91 Å². The molecule has 1 aliphatic heterocycles. The average molecular weight is 342 g/mol. The summed E-state index contributed by atoms with van der Waals surface area (Å²) < 4.78 is 5.11.